The number of carbonyl (C=O) groups excluding carboxylic acids is 1. The third kappa shape index (κ3) is 5.10. The molecule has 4 aromatic rings. The average molecular weight is 451 g/mol. The van der Waals surface area contributed by atoms with Crippen molar-refractivity contribution < 1.29 is 4.79 Å². The van der Waals surface area contributed by atoms with E-state index in [2.05, 4.69) is 118 Å². The lowest BCUT2D eigenvalue weighted by molar-refractivity contribution is -0.111. The summed E-state index contributed by atoms with van der Waals surface area (Å²) in [5.74, 6) is 2.19. The number of ketones is 1. The summed E-state index contributed by atoms with van der Waals surface area (Å²) in [5, 5.41) is 3.58. The summed E-state index contributed by atoms with van der Waals surface area (Å²) in [6.07, 6.45) is 0.401. The van der Waals surface area contributed by atoms with E-state index >= 15 is 0 Å². The molecule has 0 saturated heterocycles. The minimum absolute atomic E-state index is 0.100. The lowest BCUT2D eigenvalue weighted by atomic mass is 9.86. The van der Waals surface area contributed by atoms with Gasteiger partial charge in [-0.25, -0.2) is 0 Å². The maximum Gasteiger partial charge on any atom is 0.161 e. The van der Waals surface area contributed by atoms with Crippen LogP contribution >= 0.6 is 6.89 Å². The van der Waals surface area contributed by atoms with Crippen molar-refractivity contribution in [2.75, 3.05) is 0 Å². The summed E-state index contributed by atoms with van der Waals surface area (Å²) in [7, 11) is 0. The lowest BCUT2D eigenvalue weighted by Gasteiger charge is -2.28. The molecule has 4 rings (SSSR count). The molecule has 0 unspecified atom stereocenters. The van der Waals surface area contributed by atoms with Crippen LogP contribution in [0.15, 0.2) is 115 Å². The minimum Gasteiger partial charge on any atom is -0.294 e. The summed E-state index contributed by atoms with van der Waals surface area (Å²) in [5.41, 5.74) is 2.43. The van der Waals surface area contributed by atoms with Gasteiger partial charge < -0.3 is 0 Å². The first-order valence-corrected chi connectivity index (χ1v) is 13.3. The maximum atomic E-state index is 13.6. The van der Waals surface area contributed by atoms with E-state index in [4.69, 9.17) is 0 Å². The molecule has 0 aliphatic carbocycles. The van der Waals surface area contributed by atoms with E-state index in [1.165, 1.54) is 21.5 Å². The number of benzene rings is 4. The first-order valence-electron chi connectivity index (χ1n) is 11.4. The van der Waals surface area contributed by atoms with E-state index < -0.39 is 6.89 Å². The molecule has 0 aliphatic heterocycles. The van der Waals surface area contributed by atoms with E-state index in [-0.39, 0.29) is 11.2 Å². The topological polar surface area (TPSA) is 17.1 Å². The van der Waals surface area contributed by atoms with Gasteiger partial charge in [-0.3, -0.25) is 4.79 Å². The molecule has 0 bridgehead atoms. The van der Waals surface area contributed by atoms with Gasteiger partial charge in [0.1, 0.15) is 0 Å². The van der Waals surface area contributed by atoms with Crippen LogP contribution in [-0.4, -0.2) is 11.6 Å². The number of carbonyl (C=O) groups is 1. The highest BCUT2D eigenvalue weighted by Gasteiger charge is 2.26. The molecular weight excluding hydrogens is 419 g/mol. The van der Waals surface area contributed by atoms with Crippen molar-refractivity contribution in [1.29, 1.82) is 0 Å². The van der Waals surface area contributed by atoms with Crippen LogP contribution in [0, 0.1) is 0 Å². The summed E-state index contributed by atoms with van der Waals surface area (Å²) < 4.78 is 0. The monoisotopic (exact) mass is 450 g/mol. The highest BCUT2D eigenvalue weighted by molar-refractivity contribution is 7.95. The third-order valence-electron chi connectivity index (χ3n) is 6.03. The van der Waals surface area contributed by atoms with Gasteiger partial charge in [0.25, 0.3) is 0 Å². The number of hydrogen-bond donors (Lipinski definition) is 0. The zero-order valence-electron chi connectivity index (χ0n) is 19.6. The normalized spacial score (nSPS) is 11.7. The molecule has 0 heterocycles. The van der Waals surface area contributed by atoms with Crippen LogP contribution in [0.1, 0.15) is 31.9 Å². The van der Waals surface area contributed by atoms with Crippen molar-refractivity contribution >= 4 is 34.4 Å². The van der Waals surface area contributed by atoms with Crippen molar-refractivity contribution in [3.8, 4) is 0 Å². The van der Waals surface area contributed by atoms with Gasteiger partial charge in [0, 0.05) is 6.42 Å². The van der Waals surface area contributed by atoms with Gasteiger partial charge in [-0.15, -0.1) is 0 Å². The first kappa shape index (κ1) is 23.0. The molecule has 0 aromatic heterocycles. The van der Waals surface area contributed by atoms with Gasteiger partial charge in [-0.05, 0) is 45.1 Å². The van der Waals surface area contributed by atoms with Crippen molar-refractivity contribution in [2.45, 2.75) is 32.6 Å². The highest BCUT2D eigenvalue weighted by atomic mass is 31.2. The first-order chi connectivity index (χ1) is 15.9. The number of rotatable bonds is 6. The Labute approximate surface area is 198 Å². The molecule has 0 fully saturated rings. The van der Waals surface area contributed by atoms with E-state index in [0.717, 1.165) is 5.56 Å². The Bertz CT molecular complexity index is 1150. The zero-order chi connectivity index (χ0) is 23.3. The number of Topliss-reactive ketones (excluding diaryl/α,β-unsaturated/α-hetero) is 1. The molecule has 0 aliphatic rings. The molecule has 0 saturated carbocycles. The molecule has 0 amide bonds. The predicted octanol–water partition coefficient (Wildman–Crippen LogP) is 5.89. The van der Waals surface area contributed by atoms with Crippen molar-refractivity contribution in [2.24, 2.45) is 0 Å². The standard InChI is InChI=1S/C31H31OP/c1-31(2,3)26-21-19-25(20-22-26)23-27(32)24-33(28-13-7-4-8-14-28,29-15-9-5-10-16-29)30-17-11-6-12-18-30/h4-22,24H,23H2,1-3H3. The van der Waals surface area contributed by atoms with E-state index in [9.17, 15) is 4.79 Å². The van der Waals surface area contributed by atoms with Crippen molar-refractivity contribution in [3.05, 3.63) is 126 Å². The Morgan fingerprint density at radius 1 is 0.636 bits per heavy atom. The third-order valence-corrected chi connectivity index (χ3v) is 10.0. The average Bonchev–Trinajstić information content (AvgIpc) is 2.84. The molecule has 0 N–H and O–H groups in total. The highest BCUT2D eigenvalue weighted by Crippen LogP contribution is 2.43. The molecule has 0 radical (unpaired) electrons. The molecule has 166 valence electrons. The van der Waals surface area contributed by atoms with Crippen molar-refractivity contribution in [1.82, 2.24) is 0 Å². The van der Waals surface area contributed by atoms with Gasteiger partial charge in [0.05, 0.1) is 0 Å². The summed E-state index contributed by atoms with van der Waals surface area (Å²) in [4.78, 5) is 13.6. The fourth-order valence-corrected chi connectivity index (χ4v) is 8.04. The fourth-order valence-electron chi connectivity index (χ4n) is 4.25. The molecule has 33 heavy (non-hydrogen) atoms. The van der Waals surface area contributed by atoms with E-state index in [1.54, 1.807) is 0 Å². The van der Waals surface area contributed by atoms with Crippen LogP contribution in [0.4, 0.5) is 0 Å². The summed E-state index contributed by atoms with van der Waals surface area (Å²) in [6, 6.07) is 40.0. The van der Waals surface area contributed by atoms with Crippen LogP contribution in [0.5, 0.6) is 0 Å². The smallest absolute Gasteiger partial charge is 0.161 e. The quantitative estimate of drug-likeness (QED) is 0.335. The molecule has 2 heteroatoms. The van der Waals surface area contributed by atoms with Gasteiger partial charge in [0.15, 0.2) is 5.78 Å². The fraction of sp³-hybridized carbons (Fsp3) is 0.161. The van der Waals surface area contributed by atoms with Crippen LogP contribution in [0.3, 0.4) is 0 Å². The van der Waals surface area contributed by atoms with Gasteiger partial charge in [-0.2, -0.15) is 0 Å². The Hall–Kier alpha value is -3.15. The minimum atomic E-state index is -2.26. The Morgan fingerprint density at radius 2 is 1.03 bits per heavy atom. The van der Waals surface area contributed by atoms with Gasteiger partial charge in [0.2, 0.25) is 0 Å². The maximum absolute atomic E-state index is 13.6. The van der Waals surface area contributed by atoms with Gasteiger partial charge >= 0.3 is 0 Å². The molecular formula is C31H31OP. The van der Waals surface area contributed by atoms with Crippen LogP contribution in [-0.2, 0) is 16.6 Å². The number of hydrogen-bond acceptors (Lipinski definition) is 1. The largest absolute Gasteiger partial charge is 0.294 e. The van der Waals surface area contributed by atoms with E-state index in [0.29, 0.717) is 6.42 Å². The van der Waals surface area contributed by atoms with Crippen LogP contribution in [0.2, 0.25) is 0 Å². The molecule has 0 spiro atoms. The Balaban J connectivity index is 1.85. The zero-order valence-corrected chi connectivity index (χ0v) is 20.5. The Kier molecular flexibility index (Phi) is 6.82. The second kappa shape index (κ2) is 9.77. The summed E-state index contributed by atoms with van der Waals surface area (Å²) >= 11 is 0. The molecule has 0 atom stereocenters. The lowest BCUT2D eigenvalue weighted by Crippen LogP contribution is -2.28. The summed E-state index contributed by atoms with van der Waals surface area (Å²) in [6.45, 7) is 4.37. The van der Waals surface area contributed by atoms with Crippen LogP contribution < -0.4 is 15.9 Å². The van der Waals surface area contributed by atoms with Gasteiger partial charge in [-0.1, -0.05) is 136 Å². The SMILES string of the molecule is CC(C)(C)c1ccc(CC(=O)C=P(c2ccccc2)(c2ccccc2)c2ccccc2)cc1. The molecule has 4 aromatic carbocycles. The second-order valence-electron chi connectivity index (χ2n) is 9.45. The predicted molar refractivity (Wildman–Crippen MR) is 145 cm³/mol. The van der Waals surface area contributed by atoms with Crippen LogP contribution in [0.25, 0.3) is 0 Å². The van der Waals surface area contributed by atoms with Crippen molar-refractivity contribution in [3.63, 3.8) is 0 Å². The van der Waals surface area contributed by atoms with E-state index in [1.807, 2.05) is 24.0 Å². The second-order valence-corrected chi connectivity index (χ2v) is 12.7. The molecule has 1 nitrogen and oxygen atoms in total. The Morgan fingerprint density at radius 3 is 1.39 bits per heavy atom.